The monoisotopic (exact) mass is 383 g/mol. The lowest BCUT2D eigenvalue weighted by molar-refractivity contribution is 0.198. The lowest BCUT2D eigenvalue weighted by atomic mass is 10.1. The maximum absolute atomic E-state index is 9.52. The van der Waals surface area contributed by atoms with Crippen molar-refractivity contribution in [1.82, 2.24) is 14.9 Å². The van der Waals surface area contributed by atoms with Crippen molar-refractivity contribution in [2.75, 3.05) is 31.1 Å². The first-order chi connectivity index (χ1) is 12.7. The van der Waals surface area contributed by atoms with Gasteiger partial charge in [0, 0.05) is 48.2 Å². The number of pyridine rings is 1. The van der Waals surface area contributed by atoms with E-state index in [2.05, 4.69) is 27.8 Å². The van der Waals surface area contributed by atoms with E-state index < -0.39 is 0 Å². The summed E-state index contributed by atoms with van der Waals surface area (Å²) in [4.78, 5) is 13.9. The molecule has 2 aromatic heterocycles. The SMILES string of the molecule is CC(c1nccs1)N1CCN(c2cc(C#N)c3cc(Cl)ccc3n2)CC1. The van der Waals surface area contributed by atoms with Crippen LogP contribution in [-0.2, 0) is 0 Å². The van der Waals surface area contributed by atoms with Crippen molar-refractivity contribution in [2.24, 2.45) is 0 Å². The number of halogens is 1. The Balaban J connectivity index is 1.54. The quantitative estimate of drug-likeness (QED) is 0.681. The molecule has 0 radical (unpaired) electrons. The molecule has 132 valence electrons. The molecule has 4 rings (SSSR count). The minimum atomic E-state index is 0.332. The highest BCUT2D eigenvalue weighted by molar-refractivity contribution is 7.09. The summed E-state index contributed by atoms with van der Waals surface area (Å²) >= 11 is 7.77. The highest BCUT2D eigenvalue weighted by Gasteiger charge is 2.24. The first kappa shape index (κ1) is 17.2. The van der Waals surface area contributed by atoms with E-state index in [0.717, 1.165) is 47.9 Å². The first-order valence-corrected chi connectivity index (χ1v) is 9.80. The van der Waals surface area contributed by atoms with Crippen molar-refractivity contribution in [2.45, 2.75) is 13.0 Å². The summed E-state index contributed by atoms with van der Waals surface area (Å²) in [5.41, 5.74) is 1.42. The van der Waals surface area contributed by atoms with Gasteiger partial charge in [0.05, 0.1) is 23.2 Å². The molecule has 1 aliphatic rings. The van der Waals surface area contributed by atoms with Gasteiger partial charge in [0.25, 0.3) is 0 Å². The second kappa shape index (κ2) is 7.20. The van der Waals surface area contributed by atoms with Gasteiger partial charge in [0.2, 0.25) is 0 Å². The summed E-state index contributed by atoms with van der Waals surface area (Å²) in [5, 5.41) is 14.1. The van der Waals surface area contributed by atoms with Crippen LogP contribution in [-0.4, -0.2) is 41.0 Å². The van der Waals surface area contributed by atoms with Crippen molar-refractivity contribution < 1.29 is 0 Å². The summed E-state index contributed by atoms with van der Waals surface area (Å²) in [6.45, 7) is 5.87. The normalized spacial score (nSPS) is 16.6. The molecule has 1 fully saturated rings. The Labute approximate surface area is 161 Å². The fourth-order valence-corrected chi connectivity index (χ4v) is 4.27. The van der Waals surface area contributed by atoms with E-state index in [-0.39, 0.29) is 0 Å². The third-order valence-electron chi connectivity index (χ3n) is 4.87. The van der Waals surface area contributed by atoms with Crippen LogP contribution in [0.3, 0.4) is 0 Å². The average molecular weight is 384 g/mol. The summed E-state index contributed by atoms with van der Waals surface area (Å²) < 4.78 is 0. The van der Waals surface area contributed by atoms with Gasteiger partial charge in [-0.3, -0.25) is 4.90 Å². The smallest absolute Gasteiger partial charge is 0.130 e. The largest absolute Gasteiger partial charge is 0.354 e. The predicted octanol–water partition coefficient (Wildman–Crippen LogP) is 4.10. The second-order valence-corrected chi connectivity index (χ2v) is 7.73. The summed E-state index contributed by atoms with van der Waals surface area (Å²) in [7, 11) is 0. The van der Waals surface area contributed by atoms with Crippen LogP contribution in [0.2, 0.25) is 5.02 Å². The molecule has 0 N–H and O–H groups in total. The van der Waals surface area contributed by atoms with Crippen molar-refractivity contribution in [3.8, 4) is 6.07 Å². The molecule has 3 heterocycles. The number of nitrogens with zero attached hydrogens (tertiary/aromatic N) is 5. The molecular weight excluding hydrogens is 366 g/mol. The number of nitriles is 1. The van der Waals surface area contributed by atoms with Gasteiger partial charge in [0.1, 0.15) is 10.8 Å². The number of thiazole rings is 1. The number of hydrogen-bond donors (Lipinski definition) is 0. The number of fused-ring (bicyclic) bond motifs is 1. The summed E-state index contributed by atoms with van der Waals surface area (Å²) in [6.07, 6.45) is 1.86. The fourth-order valence-electron chi connectivity index (χ4n) is 3.37. The average Bonchev–Trinajstić information content (AvgIpc) is 3.21. The van der Waals surface area contributed by atoms with E-state index in [9.17, 15) is 5.26 Å². The van der Waals surface area contributed by atoms with E-state index in [1.54, 1.807) is 17.4 Å². The Morgan fingerprint density at radius 2 is 2.04 bits per heavy atom. The maximum atomic E-state index is 9.52. The van der Waals surface area contributed by atoms with Gasteiger partial charge in [-0.1, -0.05) is 11.6 Å². The third-order valence-corrected chi connectivity index (χ3v) is 6.05. The van der Waals surface area contributed by atoms with Crippen molar-refractivity contribution >= 4 is 39.7 Å². The minimum absolute atomic E-state index is 0.332. The van der Waals surface area contributed by atoms with E-state index in [0.29, 0.717) is 16.6 Å². The van der Waals surface area contributed by atoms with Crippen LogP contribution in [0.15, 0.2) is 35.8 Å². The number of hydrogen-bond acceptors (Lipinski definition) is 6. The second-order valence-electron chi connectivity index (χ2n) is 6.37. The van der Waals surface area contributed by atoms with Crippen LogP contribution in [0, 0.1) is 11.3 Å². The van der Waals surface area contributed by atoms with Crippen molar-refractivity contribution in [3.63, 3.8) is 0 Å². The molecular formula is C19H18ClN5S. The highest BCUT2D eigenvalue weighted by Crippen LogP contribution is 2.28. The van der Waals surface area contributed by atoms with Gasteiger partial charge in [-0.05, 0) is 31.2 Å². The maximum Gasteiger partial charge on any atom is 0.130 e. The Morgan fingerprint density at radius 1 is 1.23 bits per heavy atom. The lowest BCUT2D eigenvalue weighted by Gasteiger charge is -2.38. The summed E-state index contributed by atoms with van der Waals surface area (Å²) in [6, 6.07) is 9.98. The van der Waals surface area contributed by atoms with Crippen LogP contribution >= 0.6 is 22.9 Å². The van der Waals surface area contributed by atoms with Gasteiger partial charge < -0.3 is 4.90 Å². The number of anilines is 1. The lowest BCUT2D eigenvalue weighted by Crippen LogP contribution is -2.47. The van der Waals surface area contributed by atoms with Gasteiger partial charge in [-0.15, -0.1) is 11.3 Å². The Bertz CT molecular complexity index is 958. The van der Waals surface area contributed by atoms with Gasteiger partial charge in [-0.25, -0.2) is 9.97 Å². The van der Waals surface area contributed by atoms with Gasteiger partial charge >= 0.3 is 0 Å². The standard InChI is InChI=1S/C19H18ClN5S/c1-13(19-22-4-9-26-19)24-5-7-25(8-6-24)18-10-14(12-21)16-11-15(20)2-3-17(16)23-18/h2-4,9-11,13H,5-8H2,1H3. The number of piperazine rings is 1. The number of aromatic nitrogens is 2. The Hall–Kier alpha value is -2.20. The van der Waals surface area contributed by atoms with Crippen LogP contribution in [0.4, 0.5) is 5.82 Å². The zero-order valence-electron chi connectivity index (χ0n) is 14.4. The molecule has 3 aromatic rings. The van der Waals surface area contributed by atoms with E-state index in [1.165, 1.54) is 0 Å². The zero-order chi connectivity index (χ0) is 18.1. The molecule has 1 aromatic carbocycles. The molecule has 1 unspecified atom stereocenters. The van der Waals surface area contributed by atoms with E-state index in [1.807, 2.05) is 29.8 Å². The van der Waals surface area contributed by atoms with Crippen molar-refractivity contribution in [3.05, 3.63) is 51.4 Å². The first-order valence-electron chi connectivity index (χ1n) is 8.54. The summed E-state index contributed by atoms with van der Waals surface area (Å²) in [5.74, 6) is 0.859. The predicted molar refractivity (Wildman–Crippen MR) is 106 cm³/mol. The Morgan fingerprint density at radius 3 is 2.73 bits per heavy atom. The zero-order valence-corrected chi connectivity index (χ0v) is 16.0. The molecule has 1 atom stereocenters. The van der Waals surface area contributed by atoms with Crippen LogP contribution in [0.1, 0.15) is 23.5 Å². The molecule has 0 amide bonds. The van der Waals surface area contributed by atoms with E-state index >= 15 is 0 Å². The number of benzene rings is 1. The molecule has 1 aliphatic heterocycles. The molecule has 5 nitrogen and oxygen atoms in total. The molecule has 7 heteroatoms. The molecule has 0 aliphatic carbocycles. The Kier molecular flexibility index (Phi) is 4.77. The van der Waals surface area contributed by atoms with Crippen LogP contribution < -0.4 is 4.90 Å². The molecule has 0 bridgehead atoms. The molecule has 0 spiro atoms. The number of rotatable bonds is 3. The topological polar surface area (TPSA) is 56.1 Å². The molecule has 0 saturated carbocycles. The van der Waals surface area contributed by atoms with E-state index in [4.69, 9.17) is 16.6 Å². The van der Waals surface area contributed by atoms with Gasteiger partial charge in [-0.2, -0.15) is 5.26 Å². The highest BCUT2D eigenvalue weighted by atomic mass is 35.5. The third kappa shape index (κ3) is 3.26. The van der Waals surface area contributed by atoms with Crippen LogP contribution in [0.5, 0.6) is 0 Å². The van der Waals surface area contributed by atoms with Gasteiger partial charge in [0.15, 0.2) is 0 Å². The van der Waals surface area contributed by atoms with Crippen LogP contribution in [0.25, 0.3) is 10.9 Å². The minimum Gasteiger partial charge on any atom is -0.354 e. The molecule has 1 saturated heterocycles. The van der Waals surface area contributed by atoms with Crippen molar-refractivity contribution in [1.29, 1.82) is 5.26 Å². The fraction of sp³-hybridized carbons (Fsp3) is 0.316. The molecule has 26 heavy (non-hydrogen) atoms.